The maximum Gasteiger partial charge on any atom is 0.0456 e. The fourth-order valence-corrected chi connectivity index (χ4v) is 5.63. The molecule has 31 heavy (non-hydrogen) atoms. The second-order valence-electron chi connectivity index (χ2n) is 9.29. The van der Waals surface area contributed by atoms with Crippen molar-refractivity contribution in [2.75, 3.05) is 39.3 Å². The molecule has 2 aromatic carbocycles. The van der Waals surface area contributed by atoms with E-state index < -0.39 is 0 Å². The highest BCUT2D eigenvalue weighted by atomic mass is 35.5. The number of hydrogen-bond donors (Lipinski definition) is 1. The summed E-state index contributed by atoms with van der Waals surface area (Å²) in [4.78, 5) is 8.85. The molecular weight excluding hydrogens is 402 g/mol. The van der Waals surface area contributed by atoms with Gasteiger partial charge >= 0.3 is 0 Å². The van der Waals surface area contributed by atoms with Gasteiger partial charge in [-0.3, -0.25) is 0 Å². The van der Waals surface area contributed by atoms with E-state index in [2.05, 4.69) is 75.6 Å². The highest BCUT2D eigenvalue weighted by molar-refractivity contribution is 5.85. The first-order valence-corrected chi connectivity index (χ1v) is 11.9. The van der Waals surface area contributed by atoms with Crippen molar-refractivity contribution in [2.45, 2.75) is 43.9 Å². The van der Waals surface area contributed by atoms with E-state index in [1.54, 1.807) is 0 Å². The summed E-state index contributed by atoms with van der Waals surface area (Å²) in [6.45, 7) is 7.56. The summed E-state index contributed by atoms with van der Waals surface area (Å²) >= 11 is 0. The molecule has 0 saturated carbocycles. The van der Waals surface area contributed by atoms with E-state index in [4.69, 9.17) is 0 Å². The van der Waals surface area contributed by atoms with Crippen molar-refractivity contribution in [1.29, 1.82) is 0 Å². The van der Waals surface area contributed by atoms with Crippen molar-refractivity contribution in [3.63, 3.8) is 0 Å². The zero-order valence-corrected chi connectivity index (χ0v) is 19.3. The number of piperidine rings is 2. The van der Waals surface area contributed by atoms with Gasteiger partial charge in [-0.15, -0.1) is 12.4 Å². The molecule has 0 radical (unpaired) electrons. The molecule has 2 fully saturated rings. The maximum absolute atomic E-state index is 3.46. The topological polar surface area (TPSA) is 22.3 Å². The SMILES string of the molecule is Cl.c1ccc(C2CCN(CCCN3CCC(c4c[nH]c5ccccc45)CC3)CC2)cc1. The van der Waals surface area contributed by atoms with Crippen molar-refractivity contribution < 1.29 is 0 Å². The van der Waals surface area contributed by atoms with Gasteiger partial charge in [0.1, 0.15) is 0 Å². The summed E-state index contributed by atoms with van der Waals surface area (Å²) in [6.07, 6.45) is 8.80. The number of nitrogens with one attached hydrogen (secondary N) is 1. The normalized spacial score (nSPS) is 19.5. The number of rotatable bonds is 6. The van der Waals surface area contributed by atoms with Gasteiger partial charge in [-0.05, 0) is 100 Å². The minimum absolute atomic E-state index is 0. The first kappa shape index (κ1) is 22.4. The van der Waals surface area contributed by atoms with Crippen LogP contribution in [0.3, 0.4) is 0 Å². The van der Waals surface area contributed by atoms with E-state index in [0.717, 1.165) is 11.8 Å². The zero-order chi connectivity index (χ0) is 20.2. The summed E-state index contributed by atoms with van der Waals surface area (Å²) in [7, 11) is 0. The van der Waals surface area contributed by atoms with Crippen LogP contribution in [0.15, 0.2) is 60.8 Å². The zero-order valence-electron chi connectivity index (χ0n) is 18.5. The number of H-pyrrole nitrogens is 1. The molecule has 1 N–H and O–H groups in total. The van der Waals surface area contributed by atoms with E-state index in [1.165, 1.54) is 93.4 Å². The molecule has 2 aliphatic heterocycles. The number of hydrogen-bond acceptors (Lipinski definition) is 2. The molecule has 0 bridgehead atoms. The minimum atomic E-state index is 0. The van der Waals surface area contributed by atoms with E-state index in [1.807, 2.05) is 0 Å². The third kappa shape index (κ3) is 5.34. The van der Waals surface area contributed by atoms with E-state index in [9.17, 15) is 0 Å². The average molecular weight is 438 g/mol. The highest BCUT2D eigenvalue weighted by Crippen LogP contribution is 2.33. The Balaban J connectivity index is 0.00000231. The fraction of sp³-hybridized carbons (Fsp3) is 0.481. The maximum atomic E-state index is 3.46. The molecule has 2 aliphatic rings. The molecule has 0 atom stereocenters. The number of aromatic nitrogens is 1. The second-order valence-corrected chi connectivity index (χ2v) is 9.29. The van der Waals surface area contributed by atoms with Gasteiger partial charge in [-0.1, -0.05) is 48.5 Å². The number of para-hydroxylation sites is 1. The average Bonchev–Trinajstić information content (AvgIpc) is 3.25. The summed E-state index contributed by atoms with van der Waals surface area (Å²) in [5.41, 5.74) is 4.35. The van der Waals surface area contributed by atoms with Crippen LogP contribution in [0.5, 0.6) is 0 Å². The molecule has 3 heterocycles. The molecule has 2 saturated heterocycles. The monoisotopic (exact) mass is 437 g/mol. The Hall–Kier alpha value is -1.81. The fourth-order valence-electron chi connectivity index (χ4n) is 5.63. The quantitative estimate of drug-likeness (QED) is 0.507. The number of nitrogens with zero attached hydrogens (tertiary/aromatic N) is 2. The number of aromatic amines is 1. The van der Waals surface area contributed by atoms with Crippen LogP contribution in [0.25, 0.3) is 10.9 Å². The molecule has 1 aromatic heterocycles. The Morgan fingerprint density at radius 1 is 0.710 bits per heavy atom. The van der Waals surface area contributed by atoms with Crippen LogP contribution >= 0.6 is 12.4 Å². The second kappa shape index (κ2) is 10.7. The molecule has 0 unspecified atom stereocenters. The summed E-state index contributed by atoms with van der Waals surface area (Å²) in [5, 5.41) is 1.43. The third-order valence-corrected chi connectivity index (χ3v) is 7.46. The molecule has 0 aliphatic carbocycles. The van der Waals surface area contributed by atoms with Crippen molar-refractivity contribution in [3.8, 4) is 0 Å². The van der Waals surface area contributed by atoms with Crippen LogP contribution in [-0.2, 0) is 0 Å². The molecule has 0 amide bonds. The van der Waals surface area contributed by atoms with Crippen molar-refractivity contribution >= 4 is 23.3 Å². The molecule has 4 heteroatoms. The summed E-state index contributed by atoms with van der Waals surface area (Å²) < 4.78 is 0. The largest absolute Gasteiger partial charge is 0.361 e. The van der Waals surface area contributed by atoms with Crippen molar-refractivity contribution in [3.05, 3.63) is 71.9 Å². The van der Waals surface area contributed by atoms with Gasteiger partial charge in [0.05, 0.1) is 0 Å². The number of likely N-dealkylation sites (tertiary alicyclic amines) is 2. The Morgan fingerprint density at radius 2 is 1.29 bits per heavy atom. The molecular formula is C27H36ClN3. The molecule has 3 aromatic rings. The lowest BCUT2D eigenvalue weighted by Crippen LogP contribution is -2.37. The number of fused-ring (bicyclic) bond motifs is 1. The predicted octanol–water partition coefficient (Wildman–Crippen LogP) is 6.04. The molecule has 3 nitrogen and oxygen atoms in total. The lowest BCUT2D eigenvalue weighted by atomic mass is 9.89. The van der Waals surface area contributed by atoms with Crippen molar-refractivity contribution in [2.24, 2.45) is 0 Å². The Morgan fingerprint density at radius 3 is 1.97 bits per heavy atom. The molecule has 166 valence electrons. The van der Waals surface area contributed by atoms with Gasteiger partial charge in [-0.25, -0.2) is 0 Å². The highest BCUT2D eigenvalue weighted by Gasteiger charge is 2.23. The van der Waals surface area contributed by atoms with Crippen LogP contribution in [0, 0.1) is 0 Å². The van der Waals surface area contributed by atoms with Gasteiger partial charge < -0.3 is 14.8 Å². The predicted molar refractivity (Wildman–Crippen MR) is 133 cm³/mol. The standard InChI is InChI=1S/C27H35N3.ClH/c1-2-7-22(8-3-1)23-11-17-29(18-12-23)15-6-16-30-19-13-24(14-20-30)26-21-28-27-10-5-4-9-25(26)27;/h1-5,7-10,21,23-24,28H,6,11-20H2;1H. The Bertz CT molecular complexity index is 922. The lowest BCUT2D eigenvalue weighted by Gasteiger charge is -2.34. The van der Waals surface area contributed by atoms with Gasteiger partial charge in [0.2, 0.25) is 0 Å². The van der Waals surface area contributed by atoms with E-state index >= 15 is 0 Å². The van der Waals surface area contributed by atoms with Crippen LogP contribution < -0.4 is 0 Å². The van der Waals surface area contributed by atoms with Crippen LogP contribution in [0.4, 0.5) is 0 Å². The Labute approximate surface area is 193 Å². The summed E-state index contributed by atoms with van der Waals surface area (Å²) in [6, 6.07) is 19.9. The molecule has 5 rings (SSSR count). The number of benzene rings is 2. The first-order chi connectivity index (χ1) is 14.9. The number of halogens is 1. The van der Waals surface area contributed by atoms with Gasteiger partial charge in [0.25, 0.3) is 0 Å². The smallest absolute Gasteiger partial charge is 0.0456 e. The Kier molecular flexibility index (Phi) is 7.71. The minimum Gasteiger partial charge on any atom is -0.361 e. The van der Waals surface area contributed by atoms with Crippen LogP contribution in [-0.4, -0.2) is 54.1 Å². The van der Waals surface area contributed by atoms with Crippen molar-refractivity contribution in [1.82, 2.24) is 14.8 Å². The first-order valence-electron chi connectivity index (χ1n) is 11.9. The van der Waals surface area contributed by atoms with E-state index in [0.29, 0.717) is 0 Å². The van der Waals surface area contributed by atoms with Gasteiger partial charge in [0, 0.05) is 17.1 Å². The van der Waals surface area contributed by atoms with Gasteiger partial charge in [0.15, 0.2) is 0 Å². The van der Waals surface area contributed by atoms with Crippen LogP contribution in [0.1, 0.15) is 55.1 Å². The van der Waals surface area contributed by atoms with Crippen LogP contribution in [0.2, 0.25) is 0 Å². The summed E-state index contributed by atoms with van der Waals surface area (Å²) in [5.74, 6) is 1.49. The van der Waals surface area contributed by atoms with E-state index in [-0.39, 0.29) is 12.4 Å². The molecule has 0 spiro atoms. The van der Waals surface area contributed by atoms with Gasteiger partial charge in [-0.2, -0.15) is 0 Å². The third-order valence-electron chi connectivity index (χ3n) is 7.46. The lowest BCUT2D eigenvalue weighted by molar-refractivity contribution is 0.175.